The summed E-state index contributed by atoms with van der Waals surface area (Å²) in [5.41, 5.74) is -0.630. The molecule has 0 spiro atoms. The Labute approximate surface area is 94.5 Å². The molecular weight excluding hydrogens is 206 g/mol. The maximum absolute atomic E-state index is 11.0. The van der Waals surface area contributed by atoms with Gasteiger partial charge in [0.1, 0.15) is 5.54 Å². The smallest absolute Gasteiger partial charge is 0.323 e. The van der Waals surface area contributed by atoms with Crippen LogP contribution in [0.4, 0.5) is 0 Å². The topological polar surface area (TPSA) is 67.2 Å². The molecule has 1 heterocycles. The lowest BCUT2D eigenvalue weighted by atomic mass is 9.77. The van der Waals surface area contributed by atoms with Crippen LogP contribution in [0.5, 0.6) is 0 Å². The lowest BCUT2D eigenvalue weighted by Gasteiger charge is -2.38. The molecule has 16 heavy (non-hydrogen) atoms. The Morgan fingerprint density at radius 3 is 2.88 bits per heavy atom. The number of aromatic nitrogens is 2. The first kappa shape index (κ1) is 11.1. The molecule has 0 aromatic carbocycles. The predicted molar refractivity (Wildman–Crippen MR) is 59.1 cm³/mol. The van der Waals surface area contributed by atoms with E-state index in [-0.39, 0.29) is 0 Å². The Bertz CT molecular complexity index is 344. The van der Waals surface area contributed by atoms with E-state index in [2.05, 4.69) is 10.3 Å². The van der Waals surface area contributed by atoms with Crippen LogP contribution in [0, 0.1) is 0 Å². The fourth-order valence-electron chi connectivity index (χ4n) is 2.00. The van der Waals surface area contributed by atoms with Gasteiger partial charge in [0.05, 0.1) is 6.33 Å². The Hall–Kier alpha value is -1.36. The number of imidazole rings is 1. The molecule has 0 atom stereocenters. The lowest BCUT2D eigenvalue weighted by Crippen LogP contribution is -2.57. The van der Waals surface area contributed by atoms with Crippen molar-refractivity contribution >= 4 is 5.97 Å². The highest BCUT2D eigenvalue weighted by Crippen LogP contribution is 2.31. The van der Waals surface area contributed by atoms with Gasteiger partial charge in [-0.2, -0.15) is 0 Å². The molecule has 5 nitrogen and oxygen atoms in total. The highest BCUT2D eigenvalue weighted by Gasteiger charge is 2.43. The quantitative estimate of drug-likeness (QED) is 0.702. The fraction of sp³-hybridized carbons (Fsp3) is 0.636. The number of carboxylic acids is 1. The first-order valence-corrected chi connectivity index (χ1v) is 5.67. The minimum atomic E-state index is -0.707. The van der Waals surface area contributed by atoms with Gasteiger partial charge in [-0.15, -0.1) is 0 Å². The summed E-state index contributed by atoms with van der Waals surface area (Å²) in [6.45, 7) is 1.62. The normalized spacial score (nSPS) is 18.0. The number of aryl methyl sites for hydroxylation is 1. The van der Waals surface area contributed by atoms with Crippen molar-refractivity contribution in [3.8, 4) is 0 Å². The maximum Gasteiger partial charge on any atom is 0.323 e. The summed E-state index contributed by atoms with van der Waals surface area (Å²) in [6, 6.07) is 0. The third-order valence-electron chi connectivity index (χ3n) is 3.23. The standard InChI is InChI=1S/C11H17N3O2/c15-10(16)11(3-1-4-11)13-5-2-7-14-8-6-12-9-14/h6,8-9,13H,1-5,7H2,(H,15,16). The highest BCUT2D eigenvalue weighted by molar-refractivity contribution is 5.79. The molecule has 2 N–H and O–H groups in total. The van der Waals surface area contributed by atoms with Gasteiger partial charge in [0.15, 0.2) is 0 Å². The summed E-state index contributed by atoms with van der Waals surface area (Å²) in [5, 5.41) is 12.3. The van der Waals surface area contributed by atoms with Crippen LogP contribution in [0.25, 0.3) is 0 Å². The zero-order valence-corrected chi connectivity index (χ0v) is 9.22. The van der Waals surface area contributed by atoms with Gasteiger partial charge in [0, 0.05) is 18.9 Å². The summed E-state index contributed by atoms with van der Waals surface area (Å²) >= 11 is 0. The molecule has 0 aliphatic heterocycles. The minimum Gasteiger partial charge on any atom is -0.480 e. The van der Waals surface area contributed by atoms with Gasteiger partial charge in [-0.3, -0.25) is 4.79 Å². The average molecular weight is 223 g/mol. The first-order valence-electron chi connectivity index (χ1n) is 5.67. The number of hydrogen-bond acceptors (Lipinski definition) is 3. The predicted octanol–water partition coefficient (Wildman–Crippen LogP) is 0.870. The molecule has 5 heteroatoms. The van der Waals surface area contributed by atoms with E-state index in [4.69, 9.17) is 5.11 Å². The molecule has 1 aliphatic carbocycles. The van der Waals surface area contributed by atoms with Crippen LogP contribution >= 0.6 is 0 Å². The molecule has 0 unspecified atom stereocenters. The molecular formula is C11H17N3O2. The van der Waals surface area contributed by atoms with Crippen LogP contribution in [-0.4, -0.2) is 32.7 Å². The van der Waals surface area contributed by atoms with Crippen LogP contribution in [0.15, 0.2) is 18.7 Å². The Morgan fingerprint density at radius 1 is 1.56 bits per heavy atom. The number of nitrogens with one attached hydrogen (secondary N) is 1. The van der Waals surface area contributed by atoms with Crippen molar-refractivity contribution in [2.45, 2.75) is 37.8 Å². The van der Waals surface area contributed by atoms with Crippen molar-refractivity contribution in [3.05, 3.63) is 18.7 Å². The van der Waals surface area contributed by atoms with Crippen LogP contribution in [-0.2, 0) is 11.3 Å². The molecule has 0 amide bonds. The highest BCUT2D eigenvalue weighted by atomic mass is 16.4. The van der Waals surface area contributed by atoms with Gasteiger partial charge < -0.3 is 15.0 Å². The average Bonchev–Trinajstić information content (AvgIpc) is 2.67. The summed E-state index contributed by atoms with van der Waals surface area (Å²) < 4.78 is 2.00. The second kappa shape index (κ2) is 4.65. The monoisotopic (exact) mass is 223 g/mol. The molecule has 0 saturated heterocycles. The molecule has 0 radical (unpaired) electrons. The van der Waals surface area contributed by atoms with E-state index in [0.717, 1.165) is 38.8 Å². The van der Waals surface area contributed by atoms with Gasteiger partial charge in [-0.05, 0) is 32.2 Å². The largest absolute Gasteiger partial charge is 0.480 e. The number of nitrogens with zero attached hydrogens (tertiary/aromatic N) is 2. The van der Waals surface area contributed by atoms with E-state index in [0.29, 0.717) is 0 Å². The van der Waals surface area contributed by atoms with Crippen LogP contribution < -0.4 is 5.32 Å². The summed E-state index contributed by atoms with van der Waals surface area (Å²) in [5.74, 6) is -0.707. The van der Waals surface area contributed by atoms with E-state index >= 15 is 0 Å². The van der Waals surface area contributed by atoms with E-state index in [9.17, 15) is 4.79 Å². The SMILES string of the molecule is O=C(O)C1(NCCCn2ccnc2)CCC1. The van der Waals surface area contributed by atoms with Crippen molar-refractivity contribution in [1.82, 2.24) is 14.9 Å². The zero-order valence-electron chi connectivity index (χ0n) is 9.22. The molecule has 1 aromatic heterocycles. The number of aliphatic carboxylic acids is 1. The molecule has 1 aromatic rings. The van der Waals surface area contributed by atoms with Crippen LogP contribution in [0.3, 0.4) is 0 Å². The molecule has 1 aliphatic rings. The van der Waals surface area contributed by atoms with E-state index in [1.54, 1.807) is 12.5 Å². The summed E-state index contributed by atoms with van der Waals surface area (Å²) in [4.78, 5) is 15.0. The molecule has 2 rings (SSSR count). The maximum atomic E-state index is 11.0. The first-order chi connectivity index (χ1) is 7.73. The molecule has 1 fully saturated rings. The second-order valence-corrected chi connectivity index (χ2v) is 4.32. The number of rotatable bonds is 6. The van der Waals surface area contributed by atoms with Gasteiger partial charge in [0.25, 0.3) is 0 Å². The van der Waals surface area contributed by atoms with Crippen molar-refractivity contribution in [2.75, 3.05) is 6.54 Å². The second-order valence-electron chi connectivity index (χ2n) is 4.32. The van der Waals surface area contributed by atoms with Crippen molar-refractivity contribution < 1.29 is 9.90 Å². The summed E-state index contributed by atoms with van der Waals surface area (Å²) in [7, 11) is 0. The third-order valence-corrected chi connectivity index (χ3v) is 3.23. The Balaban J connectivity index is 1.69. The Kier molecular flexibility index (Phi) is 3.24. The molecule has 88 valence electrons. The van der Waals surface area contributed by atoms with Gasteiger partial charge in [-0.25, -0.2) is 4.98 Å². The minimum absolute atomic E-state index is 0.630. The third kappa shape index (κ3) is 2.24. The van der Waals surface area contributed by atoms with Crippen LogP contribution in [0.1, 0.15) is 25.7 Å². The van der Waals surface area contributed by atoms with Crippen LogP contribution in [0.2, 0.25) is 0 Å². The molecule has 1 saturated carbocycles. The molecule has 0 bridgehead atoms. The van der Waals surface area contributed by atoms with Gasteiger partial charge in [0.2, 0.25) is 0 Å². The Morgan fingerprint density at radius 2 is 2.38 bits per heavy atom. The van der Waals surface area contributed by atoms with Gasteiger partial charge in [-0.1, -0.05) is 0 Å². The van der Waals surface area contributed by atoms with E-state index < -0.39 is 11.5 Å². The van der Waals surface area contributed by atoms with Crippen molar-refractivity contribution in [3.63, 3.8) is 0 Å². The summed E-state index contributed by atoms with van der Waals surface area (Å²) in [6.07, 6.45) is 8.89. The number of carbonyl (C=O) groups is 1. The van der Waals surface area contributed by atoms with Gasteiger partial charge >= 0.3 is 5.97 Å². The fourth-order valence-corrected chi connectivity index (χ4v) is 2.00. The zero-order chi connectivity index (χ0) is 11.4. The lowest BCUT2D eigenvalue weighted by molar-refractivity contribution is -0.148. The number of carboxylic acid groups (broad SMARTS) is 1. The van der Waals surface area contributed by atoms with Crippen molar-refractivity contribution in [2.24, 2.45) is 0 Å². The number of hydrogen-bond donors (Lipinski definition) is 2. The van der Waals surface area contributed by atoms with E-state index in [1.165, 1.54) is 0 Å². The van der Waals surface area contributed by atoms with Crippen molar-refractivity contribution in [1.29, 1.82) is 0 Å². The van der Waals surface area contributed by atoms with E-state index in [1.807, 2.05) is 10.8 Å².